The second-order valence-corrected chi connectivity index (χ2v) is 10.5. The Bertz CT molecular complexity index is 1160. The van der Waals surface area contributed by atoms with Crippen LogP contribution in [-0.4, -0.2) is 61.2 Å². The number of benzene rings is 2. The van der Waals surface area contributed by atoms with Gasteiger partial charge in [0.15, 0.2) is 5.13 Å². The molecule has 2 unspecified atom stereocenters. The maximum atomic E-state index is 13.5. The molecule has 2 atom stereocenters. The molecule has 7 heteroatoms. The van der Waals surface area contributed by atoms with Crippen LogP contribution in [0.3, 0.4) is 0 Å². The monoisotopic (exact) mass is 478 g/mol. The lowest BCUT2D eigenvalue weighted by Gasteiger charge is -2.43. The van der Waals surface area contributed by atoms with Gasteiger partial charge in [-0.3, -0.25) is 4.79 Å². The Balaban J connectivity index is 1.24. The van der Waals surface area contributed by atoms with Crippen molar-refractivity contribution in [1.82, 2.24) is 9.88 Å². The predicted octanol–water partition coefficient (Wildman–Crippen LogP) is 4.96. The molecule has 0 bridgehead atoms. The van der Waals surface area contributed by atoms with Crippen LogP contribution in [0.25, 0.3) is 10.2 Å². The van der Waals surface area contributed by atoms with Crippen molar-refractivity contribution < 1.29 is 9.53 Å². The largest absolute Gasteiger partial charge is 0.494 e. The summed E-state index contributed by atoms with van der Waals surface area (Å²) in [4.78, 5) is 25.2. The number of carbonyl (C=O) groups excluding carboxylic acids is 1. The number of nitrogens with zero attached hydrogens (tertiary/aromatic N) is 4. The van der Waals surface area contributed by atoms with Gasteiger partial charge in [0.05, 0.1) is 22.7 Å². The highest BCUT2D eigenvalue weighted by molar-refractivity contribution is 7.22. The van der Waals surface area contributed by atoms with Gasteiger partial charge in [0.1, 0.15) is 5.75 Å². The molecular weight excluding hydrogens is 444 g/mol. The predicted molar refractivity (Wildman–Crippen MR) is 140 cm³/mol. The van der Waals surface area contributed by atoms with Crippen LogP contribution >= 0.6 is 11.3 Å². The maximum absolute atomic E-state index is 13.5. The Labute approximate surface area is 206 Å². The van der Waals surface area contributed by atoms with Gasteiger partial charge in [-0.2, -0.15) is 0 Å². The number of carbonyl (C=O) groups is 1. The fraction of sp³-hybridized carbons (Fsp3) is 0.481. The second-order valence-electron chi connectivity index (χ2n) is 9.51. The Kier molecular flexibility index (Phi) is 6.63. The molecule has 1 aromatic heterocycles. The van der Waals surface area contributed by atoms with Crippen molar-refractivity contribution in [3.8, 4) is 5.75 Å². The van der Waals surface area contributed by atoms with Crippen LogP contribution in [0.15, 0.2) is 42.5 Å². The topological polar surface area (TPSA) is 48.9 Å². The third-order valence-electron chi connectivity index (χ3n) is 6.97. The zero-order chi connectivity index (χ0) is 23.7. The Hall–Kier alpha value is -2.80. The van der Waals surface area contributed by atoms with Gasteiger partial charge in [0.25, 0.3) is 0 Å². The number of hydrogen-bond donors (Lipinski definition) is 0. The van der Waals surface area contributed by atoms with E-state index in [-0.39, 0.29) is 5.92 Å². The third-order valence-corrected chi connectivity index (χ3v) is 8.05. The minimum Gasteiger partial charge on any atom is -0.494 e. The SMILES string of the molecule is CCOc1ccc2nc(N3CCCC(C(=O)N4CCN(c5cccc(C)c5)C(C)C4)C3)sc2c1. The number of piperazine rings is 1. The molecule has 2 fully saturated rings. The average Bonchev–Trinajstić information content (AvgIpc) is 3.27. The van der Waals surface area contributed by atoms with Gasteiger partial charge in [0.2, 0.25) is 5.91 Å². The molecule has 6 nitrogen and oxygen atoms in total. The maximum Gasteiger partial charge on any atom is 0.227 e. The molecule has 3 heterocycles. The molecule has 0 aliphatic carbocycles. The summed E-state index contributed by atoms with van der Waals surface area (Å²) in [5, 5.41) is 1.01. The molecule has 0 N–H and O–H groups in total. The summed E-state index contributed by atoms with van der Waals surface area (Å²) in [6, 6.07) is 15.1. The highest BCUT2D eigenvalue weighted by Gasteiger charge is 2.34. The van der Waals surface area contributed by atoms with E-state index in [9.17, 15) is 4.79 Å². The summed E-state index contributed by atoms with van der Waals surface area (Å²) in [6.07, 6.45) is 1.98. The quantitative estimate of drug-likeness (QED) is 0.519. The highest BCUT2D eigenvalue weighted by Crippen LogP contribution is 2.34. The second kappa shape index (κ2) is 9.82. The van der Waals surface area contributed by atoms with Gasteiger partial charge < -0.3 is 19.4 Å². The van der Waals surface area contributed by atoms with Gasteiger partial charge in [-0.1, -0.05) is 23.5 Å². The van der Waals surface area contributed by atoms with E-state index in [1.165, 1.54) is 11.3 Å². The van der Waals surface area contributed by atoms with Crippen molar-refractivity contribution in [2.75, 3.05) is 49.1 Å². The number of rotatable bonds is 5. The van der Waals surface area contributed by atoms with E-state index in [2.05, 4.69) is 58.9 Å². The van der Waals surface area contributed by atoms with E-state index in [1.54, 1.807) is 11.3 Å². The number of ether oxygens (including phenoxy) is 1. The molecule has 1 amide bonds. The molecule has 34 heavy (non-hydrogen) atoms. The number of piperidine rings is 1. The summed E-state index contributed by atoms with van der Waals surface area (Å²) in [5.74, 6) is 1.23. The Morgan fingerprint density at radius 1 is 1.15 bits per heavy atom. The number of hydrogen-bond acceptors (Lipinski definition) is 6. The summed E-state index contributed by atoms with van der Waals surface area (Å²) < 4.78 is 6.78. The number of fused-ring (bicyclic) bond motifs is 1. The fourth-order valence-corrected chi connectivity index (χ4v) is 6.27. The summed E-state index contributed by atoms with van der Waals surface area (Å²) >= 11 is 1.70. The number of amides is 1. The van der Waals surface area contributed by atoms with Crippen molar-refractivity contribution in [2.45, 2.75) is 39.7 Å². The minimum absolute atomic E-state index is 0.0393. The van der Waals surface area contributed by atoms with Gasteiger partial charge >= 0.3 is 0 Å². The van der Waals surface area contributed by atoms with Crippen LogP contribution in [0, 0.1) is 12.8 Å². The number of thiazole rings is 1. The van der Waals surface area contributed by atoms with Crippen molar-refractivity contribution in [1.29, 1.82) is 0 Å². The highest BCUT2D eigenvalue weighted by atomic mass is 32.1. The lowest BCUT2D eigenvalue weighted by Crippen LogP contribution is -2.56. The fourth-order valence-electron chi connectivity index (χ4n) is 5.24. The van der Waals surface area contributed by atoms with Crippen LogP contribution in [0.4, 0.5) is 10.8 Å². The zero-order valence-corrected chi connectivity index (χ0v) is 21.2. The normalized spacial score (nSPS) is 21.2. The van der Waals surface area contributed by atoms with Crippen molar-refractivity contribution >= 4 is 38.3 Å². The van der Waals surface area contributed by atoms with E-state index in [4.69, 9.17) is 9.72 Å². The molecule has 0 radical (unpaired) electrons. The lowest BCUT2D eigenvalue weighted by atomic mass is 9.96. The van der Waals surface area contributed by atoms with Crippen LogP contribution in [-0.2, 0) is 4.79 Å². The Morgan fingerprint density at radius 2 is 2.03 bits per heavy atom. The smallest absolute Gasteiger partial charge is 0.227 e. The summed E-state index contributed by atoms with van der Waals surface area (Å²) in [6.45, 7) is 11.2. The molecule has 2 aliphatic heterocycles. The molecule has 5 rings (SSSR count). The molecular formula is C27H34N4O2S. The van der Waals surface area contributed by atoms with Gasteiger partial charge in [-0.25, -0.2) is 4.98 Å². The van der Waals surface area contributed by atoms with Gasteiger partial charge in [-0.15, -0.1) is 0 Å². The average molecular weight is 479 g/mol. The zero-order valence-electron chi connectivity index (χ0n) is 20.4. The standard InChI is InChI=1S/C27H34N4O2S/c1-4-33-23-10-11-24-25(16-23)34-27(28-24)30-12-6-8-21(18-30)26(32)29-13-14-31(20(3)17-29)22-9-5-7-19(2)15-22/h5,7,9-11,15-16,20-21H,4,6,8,12-14,17-18H2,1-3H3. The number of anilines is 2. The van der Waals surface area contributed by atoms with Crippen LogP contribution in [0.2, 0.25) is 0 Å². The number of aromatic nitrogens is 1. The van der Waals surface area contributed by atoms with E-state index >= 15 is 0 Å². The molecule has 0 spiro atoms. The van der Waals surface area contributed by atoms with Crippen LogP contribution < -0.4 is 14.5 Å². The van der Waals surface area contributed by atoms with Crippen molar-refractivity contribution in [2.24, 2.45) is 5.92 Å². The summed E-state index contributed by atoms with van der Waals surface area (Å²) in [5.41, 5.74) is 3.53. The first-order valence-corrected chi connectivity index (χ1v) is 13.2. The molecule has 180 valence electrons. The Morgan fingerprint density at radius 3 is 2.82 bits per heavy atom. The first kappa shape index (κ1) is 23.0. The van der Waals surface area contributed by atoms with Gasteiger partial charge in [0, 0.05) is 44.5 Å². The lowest BCUT2D eigenvalue weighted by molar-refractivity contribution is -0.136. The minimum atomic E-state index is 0.0393. The molecule has 3 aromatic rings. The molecule has 2 aromatic carbocycles. The molecule has 0 saturated carbocycles. The van der Waals surface area contributed by atoms with E-state index in [0.717, 1.165) is 66.7 Å². The first-order valence-electron chi connectivity index (χ1n) is 12.4. The third kappa shape index (κ3) is 4.71. The van der Waals surface area contributed by atoms with Crippen LogP contribution in [0.1, 0.15) is 32.3 Å². The van der Waals surface area contributed by atoms with Crippen LogP contribution in [0.5, 0.6) is 5.75 Å². The van der Waals surface area contributed by atoms with E-state index in [0.29, 0.717) is 18.6 Å². The first-order chi connectivity index (χ1) is 16.5. The van der Waals surface area contributed by atoms with E-state index < -0.39 is 0 Å². The van der Waals surface area contributed by atoms with Crippen molar-refractivity contribution in [3.63, 3.8) is 0 Å². The van der Waals surface area contributed by atoms with Gasteiger partial charge in [-0.05, 0) is 69.5 Å². The van der Waals surface area contributed by atoms with E-state index in [1.807, 2.05) is 19.1 Å². The molecule has 2 saturated heterocycles. The van der Waals surface area contributed by atoms with Crippen molar-refractivity contribution in [3.05, 3.63) is 48.0 Å². The molecule has 2 aliphatic rings. The summed E-state index contributed by atoms with van der Waals surface area (Å²) in [7, 11) is 0. The number of aryl methyl sites for hydroxylation is 1.